The smallest absolute Gasteiger partial charge is 0.123 e. The van der Waals surface area contributed by atoms with Crippen molar-refractivity contribution in [2.45, 2.75) is 24.7 Å². The quantitative estimate of drug-likeness (QED) is 0.411. The van der Waals surface area contributed by atoms with E-state index in [-0.39, 0.29) is 11.2 Å². The van der Waals surface area contributed by atoms with Crippen LogP contribution in [0.2, 0.25) is 0 Å². The molecule has 3 heterocycles. The van der Waals surface area contributed by atoms with Gasteiger partial charge in [0, 0.05) is 19.8 Å². The van der Waals surface area contributed by atoms with E-state index in [1.54, 1.807) is 0 Å². The van der Waals surface area contributed by atoms with Crippen LogP contribution in [0.5, 0.6) is 0 Å². The van der Waals surface area contributed by atoms with Gasteiger partial charge in [0.05, 0.1) is 22.5 Å². The molecule has 0 spiro atoms. The summed E-state index contributed by atoms with van der Waals surface area (Å²) in [5.41, 5.74) is 5.25. The first-order chi connectivity index (χ1) is 16.1. The summed E-state index contributed by atoms with van der Waals surface area (Å²) in [7, 11) is 1.96. The molecule has 0 atom stereocenters. The first-order valence-electron chi connectivity index (χ1n) is 11.6. The molecule has 0 saturated carbocycles. The molecule has 1 saturated heterocycles. The van der Waals surface area contributed by atoms with Gasteiger partial charge in [-0.25, -0.2) is 4.39 Å². The Labute approximate surface area is 194 Å². The number of piperidine rings is 1. The number of pyridine rings is 1. The zero-order valence-electron chi connectivity index (χ0n) is 19.0. The van der Waals surface area contributed by atoms with Crippen LogP contribution in [0.25, 0.3) is 11.3 Å². The zero-order valence-corrected chi connectivity index (χ0v) is 19.0. The number of rotatable bonds is 6. The summed E-state index contributed by atoms with van der Waals surface area (Å²) in [5, 5.41) is 4.96. The summed E-state index contributed by atoms with van der Waals surface area (Å²) in [5.74, 6) is -0.228. The minimum absolute atomic E-state index is 0.222. The average molecular weight is 441 g/mol. The van der Waals surface area contributed by atoms with Crippen LogP contribution < -0.4 is 0 Å². The Hall–Kier alpha value is -3.31. The molecule has 33 heavy (non-hydrogen) atoms. The number of halogens is 1. The monoisotopic (exact) mass is 440 g/mol. The summed E-state index contributed by atoms with van der Waals surface area (Å²) < 4.78 is 15.4. The van der Waals surface area contributed by atoms with E-state index in [0.29, 0.717) is 0 Å². The zero-order chi connectivity index (χ0) is 22.7. The predicted octanol–water partition coefficient (Wildman–Crippen LogP) is 5.25. The Morgan fingerprint density at radius 2 is 1.61 bits per heavy atom. The molecular formula is C28H29FN4. The van der Waals surface area contributed by atoms with E-state index in [9.17, 15) is 4.39 Å². The number of hydrogen-bond donors (Lipinski definition) is 0. The van der Waals surface area contributed by atoms with Crippen LogP contribution >= 0.6 is 0 Å². The van der Waals surface area contributed by atoms with Crippen molar-refractivity contribution >= 4 is 0 Å². The highest BCUT2D eigenvalue weighted by Crippen LogP contribution is 2.41. The summed E-state index contributed by atoms with van der Waals surface area (Å²) in [4.78, 5) is 7.33. The molecule has 0 radical (unpaired) electrons. The largest absolute Gasteiger partial charge is 0.303 e. The van der Waals surface area contributed by atoms with E-state index < -0.39 is 0 Å². The highest BCUT2D eigenvalue weighted by atomic mass is 19.1. The summed E-state index contributed by atoms with van der Waals surface area (Å²) >= 11 is 0. The maximum Gasteiger partial charge on any atom is 0.123 e. The number of nitrogens with zero attached hydrogens (tertiary/aromatic N) is 4. The first-order valence-corrected chi connectivity index (χ1v) is 11.6. The molecule has 1 aliphatic heterocycles. The number of likely N-dealkylation sites (tertiary alicyclic amines) is 1. The maximum atomic E-state index is 13.5. The molecular weight excluding hydrogens is 411 g/mol. The van der Waals surface area contributed by atoms with E-state index in [1.165, 1.54) is 17.7 Å². The van der Waals surface area contributed by atoms with Gasteiger partial charge in [-0.2, -0.15) is 5.10 Å². The van der Waals surface area contributed by atoms with Crippen molar-refractivity contribution in [3.8, 4) is 11.3 Å². The van der Waals surface area contributed by atoms with Crippen molar-refractivity contribution in [2.75, 3.05) is 19.6 Å². The fourth-order valence-corrected chi connectivity index (χ4v) is 4.97. The number of aromatic nitrogens is 3. The molecule has 1 fully saturated rings. The standard InChI is InChI=1S/C28H29FN4/c1-32-25(23-10-12-24(29)13-11-23)21-27(31-32)28(26-9-5-6-17-30-26)15-19-33(20-16-28)18-14-22-7-3-2-4-8-22/h2-13,17,21H,14-16,18-20H2,1H3. The average Bonchev–Trinajstić information content (AvgIpc) is 3.27. The second kappa shape index (κ2) is 9.28. The number of hydrogen-bond acceptors (Lipinski definition) is 3. The minimum Gasteiger partial charge on any atom is -0.303 e. The van der Waals surface area contributed by atoms with E-state index >= 15 is 0 Å². The highest BCUT2D eigenvalue weighted by molar-refractivity contribution is 5.60. The van der Waals surface area contributed by atoms with Crippen molar-refractivity contribution in [1.29, 1.82) is 0 Å². The molecule has 0 unspecified atom stereocenters. The van der Waals surface area contributed by atoms with Crippen molar-refractivity contribution < 1.29 is 4.39 Å². The minimum atomic E-state index is -0.228. The Morgan fingerprint density at radius 1 is 0.879 bits per heavy atom. The number of benzene rings is 2. The van der Waals surface area contributed by atoms with Gasteiger partial charge in [0.25, 0.3) is 0 Å². The molecule has 1 aliphatic rings. The molecule has 5 heteroatoms. The molecule has 4 aromatic rings. The lowest BCUT2D eigenvalue weighted by Crippen LogP contribution is -2.44. The van der Waals surface area contributed by atoms with Gasteiger partial charge in [-0.05, 0) is 85.9 Å². The predicted molar refractivity (Wildman–Crippen MR) is 129 cm³/mol. The van der Waals surface area contributed by atoms with Crippen LogP contribution in [0.3, 0.4) is 0 Å². The lowest BCUT2D eigenvalue weighted by Gasteiger charge is -2.40. The summed E-state index contributed by atoms with van der Waals surface area (Å²) in [6, 6.07) is 25.7. The lowest BCUT2D eigenvalue weighted by atomic mass is 9.72. The van der Waals surface area contributed by atoms with Crippen LogP contribution in [-0.4, -0.2) is 39.3 Å². The highest BCUT2D eigenvalue weighted by Gasteiger charge is 2.41. The summed E-state index contributed by atoms with van der Waals surface area (Å²) in [6.07, 6.45) is 4.88. The lowest BCUT2D eigenvalue weighted by molar-refractivity contribution is 0.176. The normalized spacial score (nSPS) is 16.1. The second-order valence-corrected chi connectivity index (χ2v) is 8.92. The van der Waals surface area contributed by atoms with Crippen LogP contribution in [-0.2, 0) is 18.9 Å². The van der Waals surface area contributed by atoms with Crippen LogP contribution in [0.15, 0.2) is 85.1 Å². The van der Waals surface area contributed by atoms with Crippen molar-refractivity contribution in [2.24, 2.45) is 7.05 Å². The molecule has 2 aromatic carbocycles. The summed E-state index contributed by atoms with van der Waals surface area (Å²) in [6.45, 7) is 3.07. The van der Waals surface area contributed by atoms with Crippen molar-refractivity contribution in [3.05, 3.63) is 108 Å². The molecule has 0 amide bonds. The fourth-order valence-electron chi connectivity index (χ4n) is 4.97. The Bertz CT molecular complexity index is 1180. The third kappa shape index (κ3) is 4.46. The molecule has 168 valence electrons. The first kappa shape index (κ1) is 21.5. The third-order valence-corrected chi connectivity index (χ3v) is 6.93. The van der Waals surface area contributed by atoms with Gasteiger partial charge in [-0.15, -0.1) is 0 Å². The van der Waals surface area contributed by atoms with Crippen LogP contribution in [0.1, 0.15) is 29.8 Å². The molecule has 5 rings (SSSR count). The number of aryl methyl sites for hydroxylation is 1. The maximum absolute atomic E-state index is 13.5. The van der Waals surface area contributed by atoms with E-state index in [1.807, 2.05) is 36.1 Å². The van der Waals surface area contributed by atoms with Gasteiger partial charge < -0.3 is 4.90 Å². The van der Waals surface area contributed by atoms with Crippen LogP contribution in [0.4, 0.5) is 4.39 Å². The van der Waals surface area contributed by atoms with Gasteiger partial charge in [-0.1, -0.05) is 36.4 Å². The van der Waals surface area contributed by atoms with Gasteiger partial charge >= 0.3 is 0 Å². The molecule has 0 aliphatic carbocycles. The van der Waals surface area contributed by atoms with Crippen LogP contribution in [0, 0.1) is 5.82 Å². The Kier molecular flexibility index (Phi) is 6.05. The Morgan fingerprint density at radius 3 is 2.30 bits per heavy atom. The molecule has 4 nitrogen and oxygen atoms in total. The van der Waals surface area contributed by atoms with Crippen molar-refractivity contribution in [3.63, 3.8) is 0 Å². The van der Waals surface area contributed by atoms with Crippen molar-refractivity contribution in [1.82, 2.24) is 19.7 Å². The fraction of sp³-hybridized carbons (Fsp3) is 0.286. The van der Waals surface area contributed by atoms with Gasteiger partial charge in [0.1, 0.15) is 5.82 Å². The molecule has 2 aromatic heterocycles. The third-order valence-electron chi connectivity index (χ3n) is 6.93. The van der Waals surface area contributed by atoms with E-state index in [4.69, 9.17) is 10.1 Å². The second-order valence-electron chi connectivity index (χ2n) is 8.92. The Balaban J connectivity index is 1.41. The molecule has 0 bridgehead atoms. The van der Waals surface area contributed by atoms with Gasteiger partial charge in [0.2, 0.25) is 0 Å². The topological polar surface area (TPSA) is 34.0 Å². The van der Waals surface area contributed by atoms with Gasteiger partial charge in [0.15, 0.2) is 0 Å². The molecule has 0 N–H and O–H groups in total. The van der Waals surface area contributed by atoms with Gasteiger partial charge in [-0.3, -0.25) is 9.67 Å². The van der Waals surface area contributed by atoms with E-state index in [0.717, 1.165) is 61.5 Å². The SMILES string of the molecule is Cn1nc(C2(c3ccccn3)CCN(CCc3ccccc3)CC2)cc1-c1ccc(F)cc1. The van der Waals surface area contributed by atoms with E-state index in [2.05, 4.69) is 53.4 Å².